The van der Waals surface area contributed by atoms with Crippen molar-refractivity contribution < 1.29 is 19.1 Å². The van der Waals surface area contributed by atoms with Gasteiger partial charge in [-0.1, -0.05) is 29.8 Å². The molecule has 0 saturated carbocycles. The van der Waals surface area contributed by atoms with Gasteiger partial charge in [-0.05, 0) is 54.6 Å². The second-order valence-electron chi connectivity index (χ2n) is 6.76. The summed E-state index contributed by atoms with van der Waals surface area (Å²) in [4.78, 5) is 26.4. The van der Waals surface area contributed by atoms with Crippen molar-refractivity contribution >= 4 is 40.6 Å². The molecule has 0 fully saturated rings. The second-order valence-corrected chi connectivity index (χ2v) is 7.20. The van der Waals surface area contributed by atoms with E-state index >= 15 is 0 Å². The molecule has 3 aromatic rings. The third-order valence-corrected chi connectivity index (χ3v) is 4.84. The predicted molar refractivity (Wildman–Crippen MR) is 120 cm³/mol. The molecule has 0 aliphatic carbocycles. The number of ether oxygens (including phenoxy) is 2. The topological polar surface area (TPSA) is 79.9 Å². The van der Waals surface area contributed by atoms with Crippen molar-refractivity contribution in [3.8, 4) is 11.5 Å². The zero-order valence-corrected chi connectivity index (χ0v) is 17.3. The quantitative estimate of drug-likeness (QED) is 0.581. The number of hydrogen-bond acceptors (Lipinski definition) is 4. The lowest BCUT2D eigenvalue weighted by Gasteiger charge is -2.29. The molecule has 2 N–H and O–H groups in total. The molecule has 1 heterocycles. The Morgan fingerprint density at radius 1 is 1.00 bits per heavy atom. The van der Waals surface area contributed by atoms with Crippen LogP contribution >= 0.6 is 11.6 Å². The zero-order valence-electron chi connectivity index (χ0n) is 16.5. The SMILES string of the molecule is O=C(Nc1ccc(Cl)cc1)Nc1ccc2c(c1)N(CCOc1ccccc1)C(=O)CO2. The third-order valence-electron chi connectivity index (χ3n) is 4.59. The monoisotopic (exact) mass is 437 g/mol. The maximum absolute atomic E-state index is 12.4. The zero-order chi connectivity index (χ0) is 21.6. The van der Waals surface area contributed by atoms with E-state index in [1.54, 1.807) is 47.4 Å². The van der Waals surface area contributed by atoms with Crippen LogP contribution in [0.5, 0.6) is 11.5 Å². The van der Waals surface area contributed by atoms with Gasteiger partial charge >= 0.3 is 6.03 Å². The van der Waals surface area contributed by atoms with Gasteiger partial charge < -0.3 is 25.0 Å². The van der Waals surface area contributed by atoms with Gasteiger partial charge in [0.05, 0.1) is 12.2 Å². The number of carbonyl (C=O) groups is 2. The predicted octanol–water partition coefficient (Wildman–Crippen LogP) is 4.79. The molecule has 7 nitrogen and oxygen atoms in total. The van der Waals surface area contributed by atoms with Gasteiger partial charge in [0.25, 0.3) is 5.91 Å². The molecule has 3 amide bonds. The molecule has 0 saturated heterocycles. The van der Waals surface area contributed by atoms with Crippen LogP contribution in [-0.2, 0) is 4.79 Å². The first-order chi connectivity index (χ1) is 15.1. The van der Waals surface area contributed by atoms with Gasteiger partial charge in [-0.15, -0.1) is 0 Å². The summed E-state index contributed by atoms with van der Waals surface area (Å²) in [6.45, 7) is 0.635. The van der Waals surface area contributed by atoms with Crippen LogP contribution in [0.3, 0.4) is 0 Å². The Hall–Kier alpha value is -3.71. The number of fused-ring (bicyclic) bond motifs is 1. The van der Waals surface area contributed by atoms with E-state index in [1.165, 1.54) is 0 Å². The van der Waals surface area contributed by atoms with Crippen molar-refractivity contribution in [1.29, 1.82) is 0 Å². The number of anilines is 3. The van der Waals surface area contributed by atoms with Crippen molar-refractivity contribution in [2.24, 2.45) is 0 Å². The van der Waals surface area contributed by atoms with Gasteiger partial charge in [0.1, 0.15) is 18.1 Å². The van der Waals surface area contributed by atoms with Crippen LogP contribution in [0.15, 0.2) is 72.8 Å². The van der Waals surface area contributed by atoms with Crippen molar-refractivity contribution in [3.63, 3.8) is 0 Å². The molecule has 0 atom stereocenters. The Balaban J connectivity index is 1.43. The molecular weight excluding hydrogens is 418 g/mol. The number of urea groups is 1. The fourth-order valence-electron chi connectivity index (χ4n) is 3.12. The highest BCUT2D eigenvalue weighted by Crippen LogP contribution is 2.34. The minimum Gasteiger partial charge on any atom is -0.492 e. The summed E-state index contributed by atoms with van der Waals surface area (Å²) >= 11 is 5.86. The number of nitrogens with zero attached hydrogens (tertiary/aromatic N) is 1. The van der Waals surface area contributed by atoms with E-state index < -0.39 is 6.03 Å². The molecule has 0 unspecified atom stereocenters. The standard InChI is InChI=1S/C23H20ClN3O4/c24-16-6-8-17(9-7-16)25-23(29)26-18-10-11-21-20(14-18)27(22(28)15-31-21)12-13-30-19-4-2-1-3-5-19/h1-11,14H,12-13,15H2,(H2,25,26,29). The molecule has 0 radical (unpaired) electrons. The summed E-state index contributed by atoms with van der Waals surface area (Å²) in [5.41, 5.74) is 1.72. The normalized spacial score (nSPS) is 12.5. The van der Waals surface area contributed by atoms with Gasteiger partial charge in [-0.2, -0.15) is 0 Å². The lowest BCUT2D eigenvalue weighted by molar-refractivity contribution is -0.121. The van der Waals surface area contributed by atoms with Gasteiger partial charge in [0.2, 0.25) is 0 Å². The average molecular weight is 438 g/mol. The van der Waals surface area contributed by atoms with Crippen LogP contribution < -0.4 is 25.0 Å². The number of hydrogen-bond donors (Lipinski definition) is 2. The number of carbonyl (C=O) groups excluding carboxylic acids is 2. The minimum atomic E-state index is -0.413. The van der Waals surface area contributed by atoms with E-state index in [0.29, 0.717) is 41.0 Å². The smallest absolute Gasteiger partial charge is 0.323 e. The highest BCUT2D eigenvalue weighted by molar-refractivity contribution is 6.30. The van der Waals surface area contributed by atoms with Gasteiger partial charge in [0, 0.05) is 16.4 Å². The molecule has 0 bridgehead atoms. The second kappa shape index (κ2) is 9.40. The fourth-order valence-corrected chi connectivity index (χ4v) is 3.25. The van der Waals surface area contributed by atoms with Crippen LogP contribution in [0.25, 0.3) is 0 Å². The number of rotatable bonds is 6. The Bertz CT molecular complexity index is 1070. The van der Waals surface area contributed by atoms with E-state index in [-0.39, 0.29) is 12.5 Å². The van der Waals surface area contributed by atoms with Gasteiger partial charge in [-0.3, -0.25) is 4.79 Å². The van der Waals surface area contributed by atoms with Gasteiger partial charge in [-0.25, -0.2) is 4.79 Å². The number of para-hydroxylation sites is 1. The highest BCUT2D eigenvalue weighted by Gasteiger charge is 2.26. The first-order valence-corrected chi connectivity index (χ1v) is 10.0. The van der Waals surface area contributed by atoms with E-state index in [2.05, 4.69) is 10.6 Å². The van der Waals surface area contributed by atoms with Crippen LogP contribution in [0.4, 0.5) is 21.9 Å². The van der Waals surface area contributed by atoms with Crippen molar-refractivity contribution in [2.45, 2.75) is 0 Å². The fraction of sp³-hybridized carbons (Fsp3) is 0.130. The number of nitrogens with one attached hydrogen (secondary N) is 2. The summed E-state index contributed by atoms with van der Waals surface area (Å²) in [5.74, 6) is 1.13. The van der Waals surface area contributed by atoms with Crippen molar-refractivity contribution in [2.75, 3.05) is 35.3 Å². The molecule has 0 aromatic heterocycles. The molecule has 158 valence electrons. The highest BCUT2D eigenvalue weighted by atomic mass is 35.5. The Morgan fingerprint density at radius 3 is 2.48 bits per heavy atom. The summed E-state index contributed by atoms with van der Waals surface area (Å²) in [6.07, 6.45) is 0. The van der Waals surface area contributed by atoms with Gasteiger partial charge in [0.15, 0.2) is 6.61 Å². The summed E-state index contributed by atoms with van der Waals surface area (Å²) in [5, 5.41) is 6.08. The van der Waals surface area contributed by atoms with Crippen LogP contribution in [-0.4, -0.2) is 31.7 Å². The maximum Gasteiger partial charge on any atom is 0.323 e. The van der Waals surface area contributed by atoms with Crippen LogP contribution in [0.1, 0.15) is 0 Å². The summed E-state index contributed by atoms with van der Waals surface area (Å²) < 4.78 is 11.2. The summed E-state index contributed by atoms with van der Waals surface area (Å²) in [6, 6.07) is 20.9. The first kappa shape index (κ1) is 20.6. The largest absolute Gasteiger partial charge is 0.492 e. The molecule has 1 aliphatic heterocycles. The first-order valence-electron chi connectivity index (χ1n) is 9.67. The van der Waals surface area contributed by atoms with E-state index in [4.69, 9.17) is 21.1 Å². The maximum atomic E-state index is 12.4. The molecule has 0 spiro atoms. The molecule has 3 aromatic carbocycles. The number of amides is 3. The Morgan fingerprint density at radius 2 is 1.71 bits per heavy atom. The number of benzene rings is 3. The third kappa shape index (κ3) is 5.26. The molecule has 8 heteroatoms. The molecule has 4 rings (SSSR count). The van der Waals surface area contributed by atoms with Crippen molar-refractivity contribution in [1.82, 2.24) is 0 Å². The average Bonchev–Trinajstić information content (AvgIpc) is 2.77. The van der Waals surface area contributed by atoms with E-state index in [1.807, 2.05) is 30.3 Å². The lowest BCUT2D eigenvalue weighted by Crippen LogP contribution is -2.41. The molecule has 1 aliphatic rings. The minimum absolute atomic E-state index is 0.0395. The van der Waals surface area contributed by atoms with Crippen LogP contribution in [0.2, 0.25) is 5.02 Å². The van der Waals surface area contributed by atoms with Crippen molar-refractivity contribution in [3.05, 3.63) is 77.8 Å². The van der Waals surface area contributed by atoms with Crippen LogP contribution in [0, 0.1) is 0 Å². The van der Waals surface area contributed by atoms with E-state index in [0.717, 1.165) is 5.75 Å². The van der Waals surface area contributed by atoms with E-state index in [9.17, 15) is 9.59 Å². The number of halogens is 1. The Labute approximate surface area is 184 Å². The molecule has 31 heavy (non-hydrogen) atoms. The molecular formula is C23H20ClN3O4. The summed E-state index contributed by atoms with van der Waals surface area (Å²) in [7, 11) is 0. The lowest BCUT2D eigenvalue weighted by atomic mass is 10.2. The Kier molecular flexibility index (Phi) is 6.24.